The Morgan fingerprint density at radius 3 is 2.73 bits per heavy atom. The molecule has 1 aromatic rings. The second-order valence-electron chi connectivity index (χ2n) is 3.30. The lowest BCUT2D eigenvalue weighted by atomic mass is 10.1. The molecule has 1 aliphatic rings. The van der Waals surface area contributed by atoms with Gasteiger partial charge in [0, 0.05) is 6.42 Å². The summed E-state index contributed by atoms with van der Waals surface area (Å²) in [6, 6.07) is 5.44. The number of hydrogen-bond donors (Lipinski definition) is 1. The molecular weight excluding hydrogens is 201 g/mol. The number of carbonyl (C=O) groups is 1. The highest BCUT2D eigenvalue weighted by molar-refractivity contribution is 5.64. The van der Waals surface area contributed by atoms with Crippen LogP contribution in [0.4, 0.5) is 9.18 Å². The van der Waals surface area contributed by atoms with Crippen molar-refractivity contribution in [1.29, 1.82) is 0 Å². The summed E-state index contributed by atoms with van der Waals surface area (Å²) in [5.74, 6) is -0.334. The van der Waals surface area contributed by atoms with Gasteiger partial charge in [-0.1, -0.05) is 12.1 Å². The number of benzene rings is 1. The van der Waals surface area contributed by atoms with Crippen LogP contribution in [0, 0.1) is 5.82 Å². The first-order chi connectivity index (χ1) is 7.18. The number of rotatable bonds is 1. The Bertz CT molecular complexity index is 365. The summed E-state index contributed by atoms with van der Waals surface area (Å²) in [4.78, 5) is 15.7. The van der Waals surface area contributed by atoms with Crippen molar-refractivity contribution in [1.82, 2.24) is 5.06 Å². The third kappa shape index (κ3) is 1.92. The van der Waals surface area contributed by atoms with Crippen LogP contribution in [-0.4, -0.2) is 22.9 Å². The molecule has 0 bridgehead atoms. The molecule has 1 fully saturated rings. The molecule has 0 aromatic heterocycles. The van der Waals surface area contributed by atoms with Crippen LogP contribution < -0.4 is 0 Å². The first-order valence-corrected chi connectivity index (χ1v) is 4.59. The van der Waals surface area contributed by atoms with Crippen LogP contribution in [0.25, 0.3) is 0 Å². The van der Waals surface area contributed by atoms with E-state index in [1.54, 1.807) is 12.1 Å². The normalized spacial score (nSPS) is 20.6. The van der Waals surface area contributed by atoms with Crippen molar-refractivity contribution >= 4 is 6.09 Å². The predicted octanol–water partition coefficient (Wildman–Crippen LogP) is 2.18. The van der Waals surface area contributed by atoms with Crippen LogP contribution in [0.1, 0.15) is 18.0 Å². The second-order valence-corrected chi connectivity index (χ2v) is 3.30. The second kappa shape index (κ2) is 3.86. The molecule has 0 saturated carbocycles. The van der Waals surface area contributed by atoms with Crippen molar-refractivity contribution in [2.75, 3.05) is 6.61 Å². The van der Waals surface area contributed by atoms with Gasteiger partial charge in [-0.25, -0.2) is 9.18 Å². The van der Waals surface area contributed by atoms with Gasteiger partial charge in [0.15, 0.2) is 0 Å². The van der Waals surface area contributed by atoms with Crippen LogP contribution in [0.3, 0.4) is 0 Å². The monoisotopic (exact) mass is 211 g/mol. The van der Waals surface area contributed by atoms with E-state index in [0.29, 0.717) is 13.0 Å². The van der Waals surface area contributed by atoms with Crippen LogP contribution in [-0.2, 0) is 4.84 Å². The molecule has 1 heterocycles. The van der Waals surface area contributed by atoms with E-state index in [1.807, 2.05) is 0 Å². The first kappa shape index (κ1) is 9.92. The van der Waals surface area contributed by atoms with Gasteiger partial charge >= 0.3 is 6.09 Å². The number of hydroxylamine groups is 2. The zero-order chi connectivity index (χ0) is 10.8. The van der Waals surface area contributed by atoms with Crippen molar-refractivity contribution in [3.8, 4) is 0 Å². The standard InChI is InChI=1S/C10H10FNO3/c11-8-3-1-7(2-4-8)9-5-6-15-12(9)10(13)14/h1-4,9H,5-6H2,(H,13,14). The molecule has 1 saturated heterocycles. The van der Waals surface area contributed by atoms with Gasteiger partial charge in [-0.15, -0.1) is 0 Å². The van der Waals surface area contributed by atoms with Crippen molar-refractivity contribution in [2.24, 2.45) is 0 Å². The van der Waals surface area contributed by atoms with Gasteiger partial charge in [0.2, 0.25) is 0 Å². The Morgan fingerprint density at radius 1 is 1.47 bits per heavy atom. The maximum Gasteiger partial charge on any atom is 0.432 e. The number of carboxylic acid groups (broad SMARTS) is 1. The van der Waals surface area contributed by atoms with E-state index in [0.717, 1.165) is 10.6 Å². The van der Waals surface area contributed by atoms with E-state index >= 15 is 0 Å². The van der Waals surface area contributed by atoms with Crippen molar-refractivity contribution < 1.29 is 19.1 Å². The molecule has 4 nitrogen and oxygen atoms in total. The Hall–Kier alpha value is -1.62. The van der Waals surface area contributed by atoms with Gasteiger partial charge in [0.05, 0.1) is 12.6 Å². The fourth-order valence-corrected chi connectivity index (χ4v) is 1.65. The lowest BCUT2D eigenvalue weighted by Crippen LogP contribution is -2.27. The summed E-state index contributed by atoms with van der Waals surface area (Å²) in [6.45, 7) is 0.369. The molecule has 1 unspecified atom stereocenters. The molecule has 5 heteroatoms. The van der Waals surface area contributed by atoms with Crippen LogP contribution in [0.5, 0.6) is 0 Å². The minimum absolute atomic E-state index is 0.330. The number of hydrogen-bond acceptors (Lipinski definition) is 2. The zero-order valence-corrected chi connectivity index (χ0v) is 7.89. The Morgan fingerprint density at radius 2 is 2.13 bits per heavy atom. The Kier molecular flexibility index (Phi) is 2.55. The van der Waals surface area contributed by atoms with E-state index in [9.17, 15) is 9.18 Å². The molecule has 2 rings (SSSR count). The molecular formula is C10H10FNO3. The summed E-state index contributed by atoms with van der Waals surface area (Å²) < 4.78 is 12.7. The van der Waals surface area contributed by atoms with E-state index in [1.165, 1.54) is 12.1 Å². The summed E-state index contributed by atoms with van der Waals surface area (Å²) in [5, 5.41) is 9.74. The summed E-state index contributed by atoms with van der Waals surface area (Å²) in [6.07, 6.45) is -0.528. The van der Waals surface area contributed by atoms with Gasteiger partial charge in [-0.2, -0.15) is 5.06 Å². The number of halogens is 1. The van der Waals surface area contributed by atoms with E-state index in [4.69, 9.17) is 9.94 Å². The Balaban J connectivity index is 2.22. The highest BCUT2D eigenvalue weighted by atomic mass is 19.1. The van der Waals surface area contributed by atoms with Crippen molar-refractivity contribution in [3.63, 3.8) is 0 Å². The average Bonchev–Trinajstić information content (AvgIpc) is 2.67. The molecule has 80 valence electrons. The third-order valence-corrected chi connectivity index (χ3v) is 2.35. The summed E-state index contributed by atoms with van der Waals surface area (Å²) in [5.41, 5.74) is 0.747. The molecule has 0 radical (unpaired) electrons. The number of amides is 1. The van der Waals surface area contributed by atoms with Gasteiger partial charge in [0.25, 0.3) is 0 Å². The highest BCUT2D eigenvalue weighted by Crippen LogP contribution is 2.29. The maximum absolute atomic E-state index is 12.7. The topological polar surface area (TPSA) is 49.8 Å². The SMILES string of the molecule is O=C(O)N1OCCC1c1ccc(F)cc1. The van der Waals surface area contributed by atoms with Gasteiger partial charge in [-0.3, -0.25) is 4.84 Å². The maximum atomic E-state index is 12.7. The number of nitrogens with zero attached hydrogens (tertiary/aromatic N) is 1. The summed E-state index contributed by atoms with van der Waals surface area (Å²) in [7, 11) is 0. The highest BCUT2D eigenvalue weighted by Gasteiger charge is 2.31. The van der Waals surface area contributed by atoms with Crippen LogP contribution in [0.15, 0.2) is 24.3 Å². The largest absolute Gasteiger partial charge is 0.463 e. The molecule has 1 aromatic carbocycles. The van der Waals surface area contributed by atoms with Crippen molar-refractivity contribution in [2.45, 2.75) is 12.5 Å². The van der Waals surface area contributed by atoms with Gasteiger partial charge in [0.1, 0.15) is 5.82 Å². The minimum atomic E-state index is -1.12. The average molecular weight is 211 g/mol. The van der Waals surface area contributed by atoms with E-state index in [-0.39, 0.29) is 11.9 Å². The van der Waals surface area contributed by atoms with Gasteiger partial charge < -0.3 is 5.11 Å². The van der Waals surface area contributed by atoms with E-state index in [2.05, 4.69) is 0 Å². The fraction of sp³-hybridized carbons (Fsp3) is 0.300. The lowest BCUT2D eigenvalue weighted by molar-refractivity contribution is -0.104. The lowest BCUT2D eigenvalue weighted by Gasteiger charge is -2.19. The molecule has 1 amide bonds. The molecule has 0 spiro atoms. The molecule has 1 aliphatic heterocycles. The first-order valence-electron chi connectivity index (χ1n) is 4.59. The molecule has 1 N–H and O–H groups in total. The quantitative estimate of drug-likeness (QED) is 0.774. The molecule has 15 heavy (non-hydrogen) atoms. The Labute approximate surface area is 85.8 Å². The van der Waals surface area contributed by atoms with Crippen LogP contribution in [0.2, 0.25) is 0 Å². The van der Waals surface area contributed by atoms with Crippen LogP contribution >= 0.6 is 0 Å². The summed E-state index contributed by atoms with van der Waals surface area (Å²) >= 11 is 0. The third-order valence-electron chi connectivity index (χ3n) is 2.35. The molecule has 0 aliphatic carbocycles. The minimum Gasteiger partial charge on any atom is -0.463 e. The molecule has 1 atom stereocenters. The van der Waals surface area contributed by atoms with Gasteiger partial charge in [-0.05, 0) is 17.7 Å². The van der Waals surface area contributed by atoms with E-state index < -0.39 is 6.09 Å². The predicted molar refractivity (Wildman–Crippen MR) is 49.6 cm³/mol. The smallest absolute Gasteiger partial charge is 0.432 e. The zero-order valence-electron chi connectivity index (χ0n) is 7.89. The van der Waals surface area contributed by atoms with Crippen molar-refractivity contribution in [3.05, 3.63) is 35.6 Å². The fourth-order valence-electron chi connectivity index (χ4n) is 1.65.